The van der Waals surface area contributed by atoms with E-state index in [0.717, 1.165) is 5.56 Å². The maximum atomic E-state index is 12.9. The second-order valence-corrected chi connectivity index (χ2v) is 4.43. The van der Waals surface area contributed by atoms with E-state index in [4.69, 9.17) is 5.73 Å². The van der Waals surface area contributed by atoms with Gasteiger partial charge in [-0.15, -0.1) is 0 Å². The standard InChI is InChI=1S/C13H19FN2O/c1-9(2)12(7-15)13(17)16-8-10-4-3-5-11(14)6-10/h3-6,9,12H,7-8,15H2,1-2H3,(H,16,17). The van der Waals surface area contributed by atoms with E-state index in [1.807, 2.05) is 13.8 Å². The van der Waals surface area contributed by atoms with E-state index in [-0.39, 0.29) is 23.6 Å². The summed E-state index contributed by atoms with van der Waals surface area (Å²) in [5.41, 5.74) is 6.29. The summed E-state index contributed by atoms with van der Waals surface area (Å²) < 4.78 is 12.9. The van der Waals surface area contributed by atoms with Gasteiger partial charge in [0.15, 0.2) is 0 Å². The zero-order valence-corrected chi connectivity index (χ0v) is 10.2. The van der Waals surface area contributed by atoms with E-state index in [0.29, 0.717) is 13.1 Å². The topological polar surface area (TPSA) is 55.1 Å². The van der Waals surface area contributed by atoms with Crippen molar-refractivity contribution in [2.75, 3.05) is 6.54 Å². The normalized spacial score (nSPS) is 12.5. The van der Waals surface area contributed by atoms with Crippen LogP contribution in [0.5, 0.6) is 0 Å². The molecule has 1 unspecified atom stereocenters. The lowest BCUT2D eigenvalue weighted by Gasteiger charge is -2.18. The SMILES string of the molecule is CC(C)C(CN)C(=O)NCc1cccc(F)c1. The third kappa shape index (κ3) is 4.15. The highest BCUT2D eigenvalue weighted by Crippen LogP contribution is 2.10. The summed E-state index contributed by atoms with van der Waals surface area (Å²) in [6.45, 7) is 4.57. The monoisotopic (exact) mass is 238 g/mol. The van der Waals surface area contributed by atoms with Crippen LogP contribution in [0.25, 0.3) is 0 Å². The Bertz CT molecular complexity index is 379. The first-order valence-corrected chi connectivity index (χ1v) is 5.76. The quantitative estimate of drug-likeness (QED) is 0.820. The van der Waals surface area contributed by atoms with Crippen LogP contribution in [0.3, 0.4) is 0 Å². The van der Waals surface area contributed by atoms with Gasteiger partial charge in [-0.05, 0) is 23.6 Å². The second-order valence-electron chi connectivity index (χ2n) is 4.43. The number of hydrogen-bond acceptors (Lipinski definition) is 2. The first-order valence-electron chi connectivity index (χ1n) is 5.76. The third-order valence-corrected chi connectivity index (χ3v) is 2.75. The minimum Gasteiger partial charge on any atom is -0.352 e. The molecule has 17 heavy (non-hydrogen) atoms. The third-order valence-electron chi connectivity index (χ3n) is 2.75. The number of halogens is 1. The summed E-state index contributed by atoms with van der Waals surface area (Å²) in [5, 5.41) is 2.77. The number of nitrogens with two attached hydrogens (primary N) is 1. The Kier molecular flexibility index (Phi) is 5.10. The van der Waals surface area contributed by atoms with Crippen molar-refractivity contribution < 1.29 is 9.18 Å². The average molecular weight is 238 g/mol. The molecule has 1 rings (SSSR count). The lowest BCUT2D eigenvalue weighted by Crippen LogP contribution is -2.37. The first-order chi connectivity index (χ1) is 8.04. The molecule has 0 aromatic heterocycles. The minimum atomic E-state index is -0.295. The van der Waals surface area contributed by atoms with E-state index in [1.165, 1.54) is 12.1 Å². The molecule has 1 atom stereocenters. The van der Waals surface area contributed by atoms with Crippen LogP contribution in [0.1, 0.15) is 19.4 Å². The number of amides is 1. The van der Waals surface area contributed by atoms with Crippen LogP contribution in [0.15, 0.2) is 24.3 Å². The van der Waals surface area contributed by atoms with Gasteiger partial charge in [0.2, 0.25) is 5.91 Å². The van der Waals surface area contributed by atoms with Gasteiger partial charge in [-0.2, -0.15) is 0 Å². The van der Waals surface area contributed by atoms with Gasteiger partial charge in [0.05, 0.1) is 5.92 Å². The van der Waals surface area contributed by atoms with Crippen molar-refractivity contribution in [1.29, 1.82) is 0 Å². The van der Waals surface area contributed by atoms with Gasteiger partial charge >= 0.3 is 0 Å². The van der Waals surface area contributed by atoms with Gasteiger partial charge < -0.3 is 11.1 Å². The molecule has 0 fully saturated rings. The zero-order chi connectivity index (χ0) is 12.8. The molecular weight excluding hydrogens is 219 g/mol. The van der Waals surface area contributed by atoms with Crippen LogP contribution in [0, 0.1) is 17.7 Å². The van der Waals surface area contributed by atoms with E-state index in [1.54, 1.807) is 12.1 Å². The van der Waals surface area contributed by atoms with Crippen LogP contribution < -0.4 is 11.1 Å². The highest BCUT2D eigenvalue weighted by Gasteiger charge is 2.19. The molecular formula is C13H19FN2O. The van der Waals surface area contributed by atoms with Crippen molar-refractivity contribution in [3.63, 3.8) is 0 Å². The Hall–Kier alpha value is -1.42. The molecule has 0 saturated heterocycles. The van der Waals surface area contributed by atoms with Gasteiger partial charge in [0.1, 0.15) is 5.82 Å². The fourth-order valence-electron chi connectivity index (χ4n) is 1.65. The molecule has 0 spiro atoms. The van der Waals surface area contributed by atoms with Crippen molar-refractivity contribution in [3.8, 4) is 0 Å². The predicted octanol–water partition coefficient (Wildman–Crippen LogP) is 1.67. The summed E-state index contributed by atoms with van der Waals surface area (Å²) in [5.74, 6) is -0.362. The van der Waals surface area contributed by atoms with E-state index in [9.17, 15) is 9.18 Å². The summed E-state index contributed by atoms with van der Waals surface area (Å²) in [6.07, 6.45) is 0. The van der Waals surface area contributed by atoms with Gasteiger partial charge in [-0.3, -0.25) is 4.79 Å². The molecule has 0 heterocycles. The Morgan fingerprint density at radius 1 is 1.47 bits per heavy atom. The summed E-state index contributed by atoms with van der Waals surface area (Å²) >= 11 is 0. The maximum absolute atomic E-state index is 12.9. The summed E-state index contributed by atoms with van der Waals surface area (Å²) in [6, 6.07) is 6.19. The maximum Gasteiger partial charge on any atom is 0.224 e. The Labute approximate surface area is 101 Å². The van der Waals surface area contributed by atoms with E-state index in [2.05, 4.69) is 5.32 Å². The molecule has 0 aliphatic heterocycles. The highest BCUT2D eigenvalue weighted by atomic mass is 19.1. The summed E-state index contributed by atoms with van der Waals surface area (Å²) in [4.78, 5) is 11.8. The molecule has 3 nitrogen and oxygen atoms in total. The van der Waals surface area contributed by atoms with Gasteiger partial charge in [0.25, 0.3) is 0 Å². The second kappa shape index (κ2) is 6.35. The fourth-order valence-corrected chi connectivity index (χ4v) is 1.65. The molecule has 0 aliphatic carbocycles. The van der Waals surface area contributed by atoms with Crippen LogP contribution in [-0.2, 0) is 11.3 Å². The van der Waals surface area contributed by atoms with Crippen LogP contribution in [-0.4, -0.2) is 12.5 Å². The average Bonchev–Trinajstić information content (AvgIpc) is 2.27. The number of hydrogen-bond donors (Lipinski definition) is 2. The number of benzene rings is 1. The van der Waals surface area contributed by atoms with Crippen molar-refractivity contribution in [1.82, 2.24) is 5.32 Å². The number of carbonyl (C=O) groups excluding carboxylic acids is 1. The van der Waals surface area contributed by atoms with E-state index < -0.39 is 0 Å². The molecule has 94 valence electrons. The van der Waals surface area contributed by atoms with Gasteiger partial charge in [-0.25, -0.2) is 4.39 Å². The van der Waals surface area contributed by atoms with Gasteiger partial charge in [0, 0.05) is 13.1 Å². The molecule has 3 N–H and O–H groups in total. The molecule has 1 aromatic carbocycles. The Balaban J connectivity index is 2.53. The lowest BCUT2D eigenvalue weighted by molar-refractivity contribution is -0.126. The molecule has 1 aromatic rings. The molecule has 0 bridgehead atoms. The summed E-state index contributed by atoms with van der Waals surface area (Å²) in [7, 11) is 0. The molecule has 0 radical (unpaired) electrons. The largest absolute Gasteiger partial charge is 0.352 e. The van der Waals surface area contributed by atoms with Crippen LogP contribution in [0.2, 0.25) is 0 Å². The number of nitrogens with one attached hydrogen (secondary N) is 1. The van der Waals surface area contributed by atoms with Crippen molar-refractivity contribution in [2.45, 2.75) is 20.4 Å². The Morgan fingerprint density at radius 3 is 2.71 bits per heavy atom. The predicted molar refractivity (Wildman–Crippen MR) is 65.6 cm³/mol. The smallest absolute Gasteiger partial charge is 0.224 e. The van der Waals surface area contributed by atoms with Crippen molar-refractivity contribution in [2.24, 2.45) is 17.6 Å². The lowest BCUT2D eigenvalue weighted by atomic mass is 9.95. The van der Waals surface area contributed by atoms with E-state index >= 15 is 0 Å². The molecule has 0 aliphatic rings. The Morgan fingerprint density at radius 2 is 2.18 bits per heavy atom. The van der Waals surface area contributed by atoms with Crippen LogP contribution >= 0.6 is 0 Å². The molecule has 0 saturated carbocycles. The highest BCUT2D eigenvalue weighted by molar-refractivity contribution is 5.79. The molecule has 4 heteroatoms. The first kappa shape index (κ1) is 13.6. The molecule has 1 amide bonds. The fraction of sp³-hybridized carbons (Fsp3) is 0.462. The zero-order valence-electron chi connectivity index (χ0n) is 10.2. The van der Waals surface area contributed by atoms with Crippen molar-refractivity contribution in [3.05, 3.63) is 35.6 Å². The number of rotatable bonds is 5. The van der Waals surface area contributed by atoms with Crippen LogP contribution in [0.4, 0.5) is 4.39 Å². The number of carbonyl (C=O) groups is 1. The van der Waals surface area contributed by atoms with Gasteiger partial charge in [-0.1, -0.05) is 26.0 Å². The van der Waals surface area contributed by atoms with Crippen molar-refractivity contribution >= 4 is 5.91 Å². The minimum absolute atomic E-state index is 0.0771.